The second-order valence-corrected chi connectivity index (χ2v) is 5.60. The standard InChI is InChI=1S/C16H28N2O/c1-12(2)18(13(3)4)10-11-19-16-9-7-6-8-15(16)14(5)17/h6-9,12-14H,10-11,17H2,1-5H3/t14-/m1/s1. The number of nitrogens with two attached hydrogens (primary N) is 1. The van der Waals surface area contributed by atoms with E-state index in [1.54, 1.807) is 0 Å². The van der Waals surface area contributed by atoms with Crippen molar-refractivity contribution in [3.8, 4) is 5.75 Å². The average Bonchev–Trinajstić information content (AvgIpc) is 2.33. The van der Waals surface area contributed by atoms with Crippen LogP contribution in [0.3, 0.4) is 0 Å². The van der Waals surface area contributed by atoms with Crippen molar-refractivity contribution in [2.45, 2.75) is 52.7 Å². The summed E-state index contributed by atoms with van der Waals surface area (Å²) in [5, 5.41) is 0. The summed E-state index contributed by atoms with van der Waals surface area (Å²) < 4.78 is 5.91. The van der Waals surface area contributed by atoms with E-state index in [0.29, 0.717) is 18.7 Å². The second kappa shape index (κ2) is 7.51. The summed E-state index contributed by atoms with van der Waals surface area (Å²) in [6.45, 7) is 12.5. The predicted octanol–water partition coefficient (Wildman–Crippen LogP) is 3.20. The molecule has 0 fully saturated rings. The zero-order valence-corrected chi connectivity index (χ0v) is 12.9. The molecule has 0 radical (unpaired) electrons. The van der Waals surface area contributed by atoms with Crippen LogP contribution in [-0.4, -0.2) is 30.1 Å². The molecule has 0 unspecified atom stereocenters. The van der Waals surface area contributed by atoms with Crippen molar-refractivity contribution in [2.24, 2.45) is 5.73 Å². The van der Waals surface area contributed by atoms with Crippen LogP contribution in [0.2, 0.25) is 0 Å². The smallest absolute Gasteiger partial charge is 0.124 e. The van der Waals surface area contributed by atoms with E-state index in [2.05, 4.69) is 32.6 Å². The van der Waals surface area contributed by atoms with Crippen LogP contribution in [0, 0.1) is 0 Å². The molecule has 1 rings (SSSR count). The van der Waals surface area contributed by atoms with E-state index in [0.717, 1.165) is 17.9 Å². The van der Waals surface area contributed by atoms with Gasteiger partial charge in [-0.05, 0) is 40.7 Å². The minimum Gasteiger partial charge on any atom is -0.492 e. The van der Waals surface area contributed by atoms with E-state index < -0.39 is 0 Å². The molecule has 0 saturated heterocycles. The first-order valence-corrected chi connectivity index (χ1v) is 7.16. The van der Waals surface area contributed by atoms with Crippen LogP contribution in [0.25, 0.3) is 0 Å². The number of para-hydroxylation sites is 1. The van der Waals surface area contributed by atoms with Crippen molar-refractivity contribution in [2.75, 3.05) is 13.2 Å². The van der Waals surface area contributed by atoms with Crippen molar-refractivity contribution >= 4 is 0 Å². The first kappa shape index (κ1) is 16.0. The van der Waals surface area contributed by atoms with Gasteiger partial charge in [0.2, 0.25) is 0 Å². The Labute approximate surface area is 117 Å². The van der Waals surface area contributed by atoms with E-state index in [-0.39, 0.29) is 6.04 Å². The molecular formula is C16H28N2O. The van der Waals surface area contributed by atoms with Gasteiger partial charge in [-0.1, -0.05) is 18.2 Å². The van der Waals surface area contributed by atoms with Gasteiger partial charge in [-0.3, -0.25) is 4.90 Å². The molecule has 0 amide bonds. The molecular weight excluding hydrogens is 236 g/mol. The molecule has 1 aromatic carbocycles. The van der Waals surface area contributed by atoms with Crippen LogP contribution >= 0.6 is 0 Å². The van der Waals surface area contributed by atoms with E-state index in [1.807, 2.05) is 31.2 Å². The molecule has 0 spiro atoms. The monoisotopic (exact) mass is 264 g/mol. The van der Waals surface area contributed by atoms with Gasteiger partial charge in [0.25, 0.3) is 0 Å². The van der Waals surface area contributed by atoms with Crippen LogP contribution < -0.4 is 10.5 Å². The molecule has 3 heteroatoms. The second-order valence-electron chi connectivity index (χ2n) is 5.60. The molecule has 0 heterocycles. The summed E-state index contributed by atoms with van der Waals surface area (Å²) in [6.07, 6.45) is 0. The van der Waals surface area contributed by atoms with Crippen molar-refractivity contribution in [3.05, 3.63) is 29.8 Å². The molecule has 19 heavy (non-hydrogen) atoms. The highest BCUT2D eigenvalue weighted by Gasteiger charge is 2.13. The molecule has 0 aliphatic carbocycles. The molecule has 0 aromatic heterocycles. The Morgan fingerprint density at radius 1 is 1.05 bits per heavy atom. The summed E-state index contributed by atoms with van der Waals surface area (Å²) in [5.74, 6) is 0.907. The molecule has 1 aromatic rings. The number of ether oxygens (including phenoxy) is 1. The Bertz CT molecular complexity index is 367. The molecule has 0 aliphatic rings. The third-order valence-electron chi connectivity index (χ3n) is 3.34. The zero-order valence-electron chi connectivity index (χ0n) is 12.9. The highest BCUT2D eigenvalue weighted by atomic mass is 16.5. The van der Waals surface area contributed by atoms with Gasteiger partial charge in [-0.25, -0.2) is 0 Å². The fourth-order valence-electron chi connectivity index (χ4n) is 2.36. The minimum absolute atomic E-state index is 0.00232. The Hall–Kier alpha value is -1.06. The van der Waals surface area contributed by atoms with Gasteiger partial charge in [0, 0.05) is 30.2 Å². The maximum absolute atomic E-state index is 5.95. The Balaban J connectivity index is 2.58. The maximum atomic E-state index is 5.95. The van der Waals surface area contributed by atoms with Gasteiger partial charge < -0.3 is 10.5 Å². The average molecular weight is 264 g/mol. The van der Waals surface area contributed by atoms with Gasteiger partial charge in [-0.2, -0.15) is 0 Å². The van der Waals surface area contributed by atoms with Crippen LogP contribution in [-0.2, 0) is 0 Å². The van der Waals surface area contributed by atoms with Crippen molar-refractivity contribution < 1.29 is 4.74 Å². The largest absolute Gasteiger partial charge is 0.492 e. The molecule has 1 atom stereocenters. The van der Waals surface area contributed by atoms with Gasteiger partial charge in [0.1, 0.15) is 12.4 Å². The number of nitrogens with zero attached hydrogens (tertiary/aromatic N) is 1. The molecule has 2 N–H and O–H groups in total. The lowest BCUT2D eigenvalue weighted by molar-refractivity contribution is 0.141. The zero-order chi connectivity index (χ0) is 14.4. The van der Waals surface area contributed by atoms with Crippen LogP contribution in [0.15, 0.2) is 24.3 Å². The maximum Gasteiger partial charge on any atom is 0.124 e. The summed E-state index contributed by atoms with van der Waals surface area (Å²) >= 11 is 0. The highest BCUT2D eigenvalue weighted by molar-refractivity contribution is 5.35. The number of benzene rings is 1. The predicted molar refractivity (Wildman–Crippen MR) is 81.5 cm³/mol. The minimum atomic E-state index is 0.00232. The Kier molecular flexibility index (Phi) is 6.32. The lowest BCUT2D eigenvalue weighted by Gasteiger charge is -2.30. The molecule has 0 bridgehead atoms. The molecule has 108 valence electrons. The van der Waals surface area contributed by atoms with E-state index in [1.165, 1.54) is 0 Å². The number of rotatable bonds is 7. The van der Waals surface area contributed by atoms with Gasteiger partial charge in [-0.15, -0.1) is 0 Å². The van der Waals surface area contributed by atoms with Gasteiger partial charge in [0.05, 0.1) is 0 Å². The van der Waals surface area contributed by atoms with Crippen LogP contribution in [0.1, 0.15) is 46.2 Å². The Morgan fingerprint density at radius 3 is 2.16 bits per heavy atom. The first-order chi connectivity index (χ1) is 8.93. The third-order valence-corrected chi connectivity index (χ3v) is 3.34. The summed E-state index contributed by atoms with van der Waals surface area (Å²) in [6, 6.07) is 9.09. The van der Waals surface area contributed by atoms with Crippen molar-refractivity contribution in [3.63, 3.8) is 0 Å². The topological polar surface area (TPSA) is 38.5 Å². The summed E-state index contributed by atoms with van der Waals surface area (Å²) in [5.41, 5.74) is 7.02. The third kappa shape index (κ3) is 4.84. The summed E-state index contributed by atoms with van der Waals surface area (Å²) in [7, 11) is 0. The quantitative estimate of drug-likeness (QED) is 0.822. The molecule has 3 nitrogen and oxygen atoms in total. The van der Waals surface area contributed by atoms with E-state index in [9.17, 15) is 0 Å². The summed E-state index contributed by atoms with van der Waals surface area (Å²) in [4.78, 5) is 2.43. The fraction of sp³-hybridized carbons (Fsp3) is 0.625. The SMILES string of the molecule is CC(C)N(CCOc1ccccc1[C@@H](C)N)C(C)C. The van der Waals surface area contributed by atoms with Gasteiger partial charge >= 0.3 is 0 Å². The fourth-order valence-corrected chi connectivity index (χ4v) is 2.36. The van der Waals surface area contributed by atoms with Gasteiger partial charge in [0.15, 0.2) is 0 Å². The van der Waals surface area contributed by atoms with E-state index in [4.69, 9.17) is 10.5 Å². The molecule has 0 aliphatic heterocycles. The van der Waals surface area contributed by atoms with Crippen LogP contribution in [0.4, 0.5) is 0 Å². The number of hydrogen-bond acceptors (Lipinski definition) is 3. The lowest BCUT2D eigenvalue weighted by Crippen LogP contribution is -2.39. The van der Waals surface area contributed by atoms with Crippen LogP contribution in [0.5, 0.6) is 5.75 Å². The van der Waals surface area contributed by atoms with E-state index >= 15 is 0 Å². The highest BCUT2D eigenvalue weighted by Crippen LogP contribution is 2.23. The normalized spacial score (nSPS) is 13.3. The number of hydrogen-bond donors (Lipinski definition) is 1. The van der Waals surface area contributed by atoms with Crippen molar-refractivity contribution in [1.29, 1.82) is 0 Å². The Morgan fingerprint density at radius 2 is 1.63 bits per heavy atom. The van der Waals surface area contributed by atoms with Crippen molar-refractivity contribution in [1.82, 2.24) is 4.90 Å². The lowest BCUT2D eigenvalue weighted by atomic mass is 10.1. The first-order valence-electron chi connectivity index (χ1n) is 7.16. The molecule has 0 saturated carbocycles.